The highest BCUT2D eigenvalue weighted by Crippen LogP contribution is 2.30. The van der Waals surface area contributed by atoms with E-state index in [1.807, 2.05) is 0 Å². The second kappa shape index (κ2) is 10.6. The first-order valence-corrected chi connectivity index (χ1v) is 9.76. The molecule has 0 fully saturated rings. The van der Waals surface area contributed by atoms with Gasteiger partial charge in [-0.2, -0.15) is 18.3 Å². The first-order valence-electron chi connectivity index (χ1n) is 9.76. The molecule has 1 heterocycles. The summed E-state index contributed by atoms with van der Waals surface area (Å²) in [6.45, 7) is -0.0251. The van der Waals surface area contributed by atoms with Crippen LogP contribution in [0.2, 0.25) is 0 Å². The van der Waals surface area contributed by atoms with E-state index in [0.717, 1.165) is 12.1 Å². The summed E-state index contributed by atoms with van der Waals surface area (Å²) in [5.74, 6) is -0.942. The smallest absolute Gasteiger partial charge is 0.416 e. The molecule has 2 aromatic carbocycles. The van der Waals surface area contributed by atoms with Crippen LogP contribution in [0.4, 0.5) is 13.2 Å². The van der Waals surface area contributed by atoms with Gasteiger partial charge in [-0.3, -0.25) is 4.79 Å². The predicted molar refractivity (Wildman–Crippen MR) is 114 cm³/mol. The molecule has 0 atom stereocenters. The maximum Gasteiger partial charge on any atom is 0.416 e. The third-order valence-electron chi connectivity index (χ3n) is 4.45. The van der Waals surface area contributed by atoms with Crippen molar-refractivity contribution in [3.63, 3.8) is 0 Å². The van der Waals surface area contributed by atoms with Gasteiger partial charge in [0.25, 0.3) is 0 Å². The van der Waals surface area contributed by atoms with E-state index in [1.165, 1.54) is 37.6 Å². The molecule has 0 spiro atoms. The molecule has 0 aliphatic carbocycles. The van der Waals surface area contributed by atoms with E-state index in [9.17, 15) is 22.8 Å². The molecular formula is C23H19F3N2O6. The molecule has 1 aromatic heterocycles. The fourth-order valence-electron chi connectivity index (χ4n) is 2.86. The van der Waals surface area contributed by atoms with Gasteiger partial charge in [0.1, 0.15) is 12.4 Å². The molecule has 0 aliphatic heterocycles. The van der Waals surface area contributed by atoms with Crippen LogP contribution in [-0.4, -0.2) is 30.3 Å². The molecule has 34 heavy (non-hydrogen) atoms. The number of carboxylic acid groups (broad SMARTS) is 1. The number of halogens is 3. The number of hydrogen-bond acceptors (Lipinski definition) is 6. The summed E-state index contributed by atoms with van der Waals surface area (Å²) in [6.07, 6.45) is -3.42. The number of ether oxygens (including phenoxy) is 2. The number of aromatic carboxylic acids is 1. The number of furan rings is 1. The number of carbonyl (C=O) groups excluding carboxylic acids is 1. The standard InChI is InChI=1S/C23H19F3N2O6/c1-32-20-10-15(5-7-18(20)33-13-17-6-8-19(34-17)22(30)31)12-27-28-21(29)11-14-3-2-4-16(9-14)23(24,25)26/h2-10,12H,11,13H2,1H3,(H,28,29)(H,30,31). The Morgan fingerprint density at radius 1 is 1.12 bits per heavy atom. The van der Waals surface area contributed by atoms with Gasteiger partial charge in [0.15, 0.2) is 11.5 Å². The molecule has 1 amide bonds. The Bertz CT molecular complexity index is 1200. The second-order valence-electron chi connectivity index (χ2n) is 6.94. The minimum atomic E-state index is -4.49. The van der Waals surface area contributed by atoms with Crippen LogP contribution < -0.4 is 14.9 Å². The zero-order valence-electron chi connectivity index (χ0n) is 17.8. The van der Waals surface area contributed by atoms with Gasteiger partial charge in [-0.25, -0.2) is 10.2 Å². The quantitative estimate of drug-likeness (QED) is 0.352. The van der Waals surface area contributed by atoms with Crippen LogP contribution in [0.1, 0.15) is 33.0 Å². The average Bonchev–Trinajstić information content (AvgIpc) is 3.27. The van der Waals surface area contributed by atoms with Crippen molar-refractivity contribution in [2.75, 3.05) is 7.11 Å². The number of carboxylic acids is 1. The van der Waals surface area contributed by atoms with Crippen LogP contribution in [0.25, 0.3) is 0 Å². The van der Waals surface area contributed by atoms with Crippen molar-refractivity contribution < 1.29 is 41.8 Å². The Morgan fingerprint density at radius 2 is 1.91 bits per heavy atom. The number of nitrogens with one attached hydrogen (secondary N) is 1. The van der Waals surface area contributed by atoms with Crippen molar-refractivity contribution in [3.8, 4) is 11.5 Å². The maximum atomic E-state index is 12.8. The summed E-state index contributed by atoms with van der Waals surface area (Å²) in [7, 11) is 1.43. The lowest BCUT2D eigenvalue weighted by Crippen LogP contribution is -2.20. The first kappa shape index (κ1) is 24.4. The van der Waals surface area contributed by atoms with Crippen molar-refractivity contribution in [3.05, 3.63) is 82.8 Å². The number of hydrazone groups is 1. The maximum absolute atomic E-state index is 12.8. The van der Waals surface area contributed by atoms with E-state index in [2.05, 4.69) is 10.5 Å². The molecule has 8 nitrogen and oxygen atoms in total. The predicted octanol–water partition coefficient (Wildman–Crippen LogP) is 4.28. The number of amides is 1. The van der Waals surface area contributed by atoms with E-state index in [-0.39, 0.29) is 24.4 Å². The molecule has 0 aliphatic rings. The van der Waals surface area contributed by atoms with Crippen molar-refractivity contribution >= 4 is 18.1 Å². The number of alkyl halides is 3. The van der Waals surface area contributed by atoms with Crippen LogP contribution in [0, 0.1) is 0 Å². The summed E-state index contributed by atoms with van der Waals surface area (Å²) < 4.78 is 54.3. The third-order valence-corrected chi connectivity index (χ3v) is 4.45. The van der Waals surface area contributed by atoms with E-state index < -0.39 is 23.6 Å². The molecule has 3 rings (SSSR count). The third kappa shape index (κ3) is 6.61. The van der Waals surface area contributed by atoms with E-state index in [4.69, 9.17) is 19.0 Å². The topological polar surface area (TPSA) is 110 Å². The number of hydrogen-bond donors (Lipinski definition) is 2. The van der Waals surface area contributed by atoms with Gasteiger partial charge in [-0.05, 0) is 47.5 Å². The highest BCUT2D eigenvalue weighted by atomic mass is 19.4. The summed E-state index contributed by atoms with van der Waals surface area (Å²) in [5, 5.41) is 12.7. The van der Waals surface area contributed by atoms with E-state index in [0.29, 0.717) is 22.8 Å². The monoisotopic (exact) mass is 476 g/mol. The molecule has 0 bridgehead atoms. The van der Waals surface area contributed by atoms with Crippen molar-refractivity contribution in [2.45, 2.75) is 19.2 Å². The molecule has 0 unspecified atom stereocenters. The highest BCUT2D eigenvalue weighted by molar-refractivity contribution is 5.84. The molecule has 0 radical (unpaired) electrons. The van der Waals surface area contributed by atoms with Crippen molar-refractivity contribution in [1.29, 1.82) is 0 Å². The zero-order valence-corrected chi connectivity index (χ0v) is 17.8. The average molecular weight is 476 g/mol. The fourth-order valence-corrected chi connectivity index (χ4v) is 2.86. The SMILES string of the molecule is COc1cc(C=NNC(=O)Cc2cccc(C(F)(F)F)c2)ccc1OCc1ccc(C(=O)O)o1. The zero-order chi connectivity index (χ0) is 24.7. The van der Waals surface area contributed by atoms with Gasteiger partial charge in [0.05, 0.1) is 25.3 Å². The van der Waals surface area contributed by atoms with Crippen LogP contribution in [-0.2, 0) is 24.0 Å². The lowest BCUT2D eigenvalue weighted by Gasteiger charge is -2.10. The van der Waals surface area contributed by atoms with Gasteiger partial charge in [0, 0.05) is 0 Å². The Hall–Kier alpha value is -4.28. The van der Waals surface area contributed by atoms with Crippen LogP contribution >= 0.6 is 0 Å². The summed E-state index contributed by atoms with van der Waals surface area (Å²) >= 11 is 0. The van der Waals surface area contributed by atoms with Gasteiger partial charge >= 0.3 is 12.1 Å². The fraction of sp³-hybridized carbons (Fsp3) is 0.174. The Morgan fingerprint density at radius 3 is 2.59 bits per heavy atom. The van der Waals surface area contributed by atoms with Gasteiger partial charge in [-0.15, -0.1) is 0 Å². The van der Waals surface area contributed by atoms with Gasteiger partial charge in [0.2, 0.25) is 11.7 Å². The Balaban J connectivity index is 1.57. The highest BCUT2D eigenvalue weighted by Gasteiger charge is 2.30. The van der Waals surface area contributed by atoms with Gasteiger partial charge < -0.3 is 19.0 Å². The number of carbonyl (C=O) groups is 2. The second-order valence-corrected chi connectivity index (χ2v) is 6.94. The normalized spacial score (nSPS) is 11.4. The lowest BCUT2D eigenvalue weighted by atomic mass is 10.1. The molecule has 0 saturated carbocycles. The Labute approximate surface area is 191 Å². The Kier molecular flexibility index (Phi) is 7.57. The molecule has 11 heteroatoms. The number of methoxy groups -OCH3 is 1. The summed E-state index contributed by atoms with van der Waals surface area (Å²) in [6, 6.07) is 12.1. The molecular weight excluding hydrogens is 457 g/mol. The minimum absolute atomic E-state index is 0.0251. The summed E-state index contributed by atoms with van der Waals surface area (Å²) in [4.78, 5) is 22.9. The number of benzene rings is 2. The molecule has 0 saturated heterocycles. The lowest BCUT2D eigenvalue weighted by molar-refractivity contribution is -0.137. The first-order chi connectivity index (χ1) is 16.2. The van der Waals surface area contributed by atoms with Crippen molar-refractivity contribution in [2.24, 2.45) is 5.10 Å². The number of rotatable bonds is 9. The van der Waals surface area contributed by atoms with Crippen LogP contribution in [0.15, 0.2) is 64.1 Å². The minimum Gasteiger partial charge on any atom is -0.493 e. The molecule has 3 aromatic rings. The van der Waals surface area contributed by atoms with Gasteiger partial charge in [-0.1, -0.05) is 18.2 Å². The van der Waals surface area contributed by atoms with Crippen LogP contribution in [0.3, 0.4) is 0 Å². The summed E-state index contributed by atoms with van der Waals surface area (Å²) in [5.41, 5.74) is 2.19. The molecule has 2 N–H and O–H groups in total. The van der Waals surface area contributed by atoms with Crippen molar-refractivity contribution in [1.82, 2.24) is 5.43 Å². The van der Waals surface area contributed by atoms with E-state index >= 15 is 0 Å². The number of nitrogens with zero attached hydrogens (tertiary/aromatic N) is 1. The van der Waals surface area contributed by atoms with E-state index in [1.54, 1.807) is 18.2 Å². The molecule has 178 valence electrons. The van der Waals surface area contributed by atoms with Crippen LogP contribution in [0.5, 0.6) is 11.5 Å². The largest absolute Gasteiger partial charge is 0.493 e.